The number of carbonyl (C=O) groups excluding carboxylic acids is 2. The van der Waals surface area contributed by atoms with Gasteiger partial charge in [0.05, 0.1) is 18.5 Å². The Morgan fingerprint density at radius 2 is 1.92 bits per heavy atom. The first kappa shape index (κ1) is 20.5. The molecule has 0 bridgehead atoms. The molecule has 1 atom stereocenters. The summed E-state index contributed by atoms with van der Waals surface area (Å²) in [6.45, 7) is 11.9. The van der Waals surface area contributed by atoms with Crippen molar-refractivity contribution in [2.75, 3.05) is 37.7 Å². The molecular formula is C16H28N6O3S. The van der Waals surface area contributed by atoms with Gasteiger partial charge in [-0.15, -0.1) is 10.2 Å². The summed E-state index contributed by atoms with van der Waals surface area (Å²) >= 11 is 1.30. The monoisotopic (exact) mass is 384 g/mol. The molecular weight excluding hydrogens is 356 g/mol. The number of rotatable bonds is 7. The Labute approximate surface area is 158 Å². The van der Waals surface area contributed by atoms with Crippen molar-refractivity contribution in [1.82, 2.24) is 25.4 Å². The van der Waals surface area contributed by atoms with E-state index in [1.54, 1.807) is 13.8 Å². The number of amides is 3. The molecule has 2 N–H and O–H groups in total. The molecule has 9 nitrogen and oxygen atoms in total. The van der Waals surface area contributed by atoms with Gasteiger partial charge in [0.15, 0.2) is 5.16 Å². The van der Waals surface area contributed by atoms with Gasteiger partial charge in [0.25, 0.3) is 0 Å². The Kier molecular flexibility index (Phi) is 7.70. The number of nitrogens with one attached hydrogen (secondary N) is 2. The normalized spacial score (nSPS) is 15.8. The van der Waals surface area contributed by atoms with Gasteiger partial charge in [-0.05, 0) is 19.8 Å². The van der Waals surface area contributed by atoms with Crippen LogP contribution in [0, 0.1) is 5.92 Å². The predicted octanol–water partition coefficient (Wildman–Crippen LogP) is 1.10. The Hall–Kier alpha value is -1.81. The Bertz CT molecular complexity index is 615. The van der Waals surface area contributed by atoms with Crippen LogP contribution < -0.4 is 15.5 Å². The first-order valence-electron chi connectivity index (χ1n) is 8.93. The van der Waals surface area contributed by atoms with Crippen molar-refractivity contribution in [2.45, 2.75) is 44.6 Å². The van der Waals surface area contributed by atoms with E-state index in [2.05, 4.69) is 44.1 Å². The number of ether oxygens (including phenoxy) is 1. The van der Waals surface area contributed by atoms with Crippen molar-refractivity contribution in [3.8, 4) is 0 Å². The van der Waals surface area contributed by atoms with E-state index in [-0.39, 0.29) is 5.91 Å². The van der Waals surface area contributed by atoms with E-state index < -0.39 is 11.3 Å². The smallest absolute Gasteiger partial charge is 0.321 e. The minimum Gasteiger partial charge on any atom is -0.378 e. The fourth-order valence-electron chi connectivity index (χ4n) is 2.52. The quantitative estimate of drug-likeness (QED) is 0.679. The van der Waals surface area contributed by atoms with Gasteiger partial charge in [0, 0.05) is 26.2 Å². The molecule has 1 aromatic rings. The van der Waals surface area contributed by atoms with Gasteiger partial charge in [-0.3, -0.25) is 14.7 Å². The minimum absolute atomic E-state index is 0.354. The highest BCUT2D eigenvalue weighted by Crippen LogP contribution is 2.27. The predicted molar refractivity (Wildman–Crippen MR) is 100 cm³/mol. The molecule has 0 radical (unpaired) electrons. The molecule has 0 saturated carbocycles. The topological polar surface area (TPSA) is 101 Å². The minimum atomic E-state index is -0.484. The molecule has 2 rings (SSSR count). The van der Waals surface area contributed by atoms with Crippen LogP contribution in [-0.4, -0.2) is 64.8 Å². The second-order valence-corrected chi connectivity index (χ2v) is 7.80. The van der Waals surface area contributed by atoms with Gasteiger partial charge in [0.2, 0.25) is 11.9 Å². The molecule has 10 heteroatoms. The van der Waals surface area contributed by atoms with Crippen molar-refractivity contribution >= 4 is 29.6 Å². The molecule has 2 heterocycles. The molecule has 0 aromatic carbocycles. The summed E-state index contributed by atoms with van der Waals surface area (Å²) in [6.07, 6.45) is 0. The van der Waals surface area contributed by atoms with Crippen LogP contribution in [0.2, 0.25) is 0 Å². The lowest BCUT2D eigenvalue weighted by molar-refractivity contribution is -0.119. The molecule has 1 aromatic heterocycles. The fourth-order valence-corrected chi connectivity index (χ4v) is 3.37. The molecule has 0 spiro atoms. The van der Waals surface area contributed by atoms with Crippen molar-refractivity contribution in [1.29, 1.82) is 0 Å². The van der Waals surface area contributed by atoms with E-state index in [9.17, 15) is 9.59 Å². The molecule has 1 aliphatic rings. The van der Waals surface area contributed by atoms with E-state index in [1.165, 1.54) is 11.8 Å². The maximum absolute atomic E-state index is 12.2. The standard InChI is InChI=1S/C16H28N6O3S/c1-5-17-14(24)18-13(23)12(4)26-16-20-19-15(22(16)10-11(2)3)21-6-8-25-9-7-21/h11-12H,5-10H2,1-4H3,(H2,17,18,23,24). The summed E-state index contributed by atoms with van der Waals surface area (Å²) in [4.78, 5) is 25.9. The lowest BCUT2D eigenvalue weighted by Crippen LogP contribution is -2.42. The number of thioether (sulfide) groups is 1. The van der Waals surface area contributed by atoms with Crippen LogP contribution in [0.25, 0.3) is 0 Å². The molecule has 1 unspecified atom stereocenters. The van der Waals surface area contributed by atoms with Gasteiger partial charge in [-0.25, -0.2) is 4.79 Å². The number of morpholine rings is 1. The first-order valence-corrected chi connectivity index (χ1v) is 9.81. The Morgan fingerprint density at radius 1 is 1.23 bits per heavy atom. The average molecular weight is 385 g/mol. The second kappa shape index (κ2) is 9.77. The van der Waals surface area contributed by atoms with Crippen LogP contribution in [0.5, 0.6) is 0 Å². The zero-order valence-electron chi connectivity index (χ0n) is 15.8. The third-order valence-corrected chi connectivity index (χ3v) is 4.84. The molecule has 0 aliphatic carbocycles. The van der Waals surface area contributed by atoms with Crippen molar-refractivity contribution in [3.05, 3.63) is 0 Å². The van der Waals surface area contributed by atoms with E-state index in [0.717, 1.165) is 25.6 Å². The lowest BCUT2D eigenvalue weighted by Gasteiger charge is -2.28. The second-order valence-electron chi connectivity index (χ2n) is 6.50. The number of hydrogen-bond acceptors (Lipinski definition) is 7. The maximum atomic E-state index is 12.2. The van der Waals surface area contributed by atoms with Gasteiger partial charge >= 0.3 is 6.03 Å². The average Bonchev–Trinajstić information content (AvgIpc) is 2.97. The molecule has 1 fully saturated rings. The Morgan fingerprint density at radius 3 is 2.54 bits per heavy atom. The number of anilines is 1. The van der Waals surface area contributed by atoms with Crippen LogP contribution in [0.1, 0.15) is 27.7 Å². The van der Waals surface area contributed by atoms with Crippen LogP contribution in [-0.2, 0) is 16.1 Å². The number of hydrogen-bond donors (Lipinski definition) is 2. The summed E-state index contributed by atoms with van der Waals surface area (Å²) in [5.74, 6) is 0.860. The number of nitrogens with zero attached hydrogens (tertiary/aromatic N) is 4. The highest BCUT2D eigenvalue weighted by atomic mass is 32.2. The summed E-state index contributed by atoms with van der Waals surface area (Å²) in [5.41, 5.74) is 0. The Balaban J connectivity index is 2.10. The molecule has 3 amide bonds. The SMILES string of the molecule is CCNC(=O)NC(=O)C(C)Sc1nnc(N2CCOCC2)n1CC(C)C. The van der Waals surface area contributed by atoms with Crippen LogP contribution in [0.3, 0.4) is 0 Å². The van der Waals surface area contributed by atoms with E-state index in [1.807, 2.05) is 0 Å². The third kappa shape index (κ3) is 5.60. The molecule has 1 saturated heterocycles. The van der Waals surface area contributed by atoms with Crippen LogP contribution >= 0.6 is 11.8 Å². The summed E-state index contributed by atoms with van der Waals surface area (Å²) < 4.78 is 7.46. The highest BCUT2D eigenvalue weighted by molar-refractivity contribution is 8.00. The third-order valence-electron chi connectivity index (χ3n) is 3.76. The molecule has 146 valence electrons. The number of urea groups is 1. The van der Waals surface area contributed by atoms with Crippen molar-refractivity contribution in [2.24, 2.45) is 5.92 Å². The van der Waals surface area contributed by atoms with Gasteiger partial charge in [-0.1, -0.05) is 25.6 Å². The summed E-state index contributed by atoms with van der Waals surface area (Å²) in [7, 11) is 0. The zero-order chi connectivity index (χ0) is 19.1. The van der Waals surface area contributed by atoms with Crippen LogP contribution in [0.15, 0.2) is 5.16 Å². The highest BCUT2D eigenvalue weighted by Gasteiger charge is 2.24. The number of carbonyl (C=O) groups is 2. The van der Waals surface area contributed by atoms with Crippen molar-refractivity contribution in [3.63, 3.8) is 0 Å². The van der Waals surface area contributed by atoms with Crippen LogP contribution in [0.4, 0.5) is 10.7 Å². The van der Waals surface area contributed by atoms with Gasteiger partial charge in [0.1, 0.15) is 0 Å². The zero-order valence-corrected chi connectivity index (χ0v) is 16.6. The molecule has 1 aliphatic heterocycles. The van der Waals surface area contributed by atoms with Gasteiger partial charge in [-0.2, -0.15) is 0 Å². The fraction of sp³-hybridized carbons (Fsp3) is 0.750. The molecule has 26 heavy (non-hydrogen) atoms. The summed E-state index contributed by atoms with van der Waals surface area (Å²) in [6, 6.07) is -0.484. The number of aromatic nitrogens is 3. The van der Waals surface area contributed by atoms with E-state index in [0.29, 0.717) is 30.8 Å². The largest absolute Gasteiger partial charge is 0.378 e. The summed E-state index contributed by atoms with van der Waals surface area (Å²) in [5, 5.41) is 13.7. The van der Waals surface area contributed by atoms with E-state index >= 15 is 0 Å². The first-order chi connectivity index (χ1) is 12.4. The lowest BCUT2D eigenvalue weighted by atomic mass is 10.2. The van der Waals surface area contributed by atoms with Gasteiger partial charge < -0.3 is 15.0 Å². The maximum Gasteiger partial charge on any atom is 0.321 e. The number of imide groups is 1. The van der Waals surface area contributed by atoms with Crippen molar-refractivity contribution < 1.29 is 14.3 Å². The van der Waals surface area contributed by atoms with E-state index in [4.69, 9.17) is 4.74 Å².